The monoisotopic (exact) mass is 355 g/mol. The molecule has 126 valence electrons. The van der Waals surface area contributed by atoms with Crippen LogP contribution in [0.4, 0.5) is 0 Å². The van der Waals surface area contributed by atoms with E-state index in [0.29, 0.717) is 10.9 Å². The van der Waals surface area contributed by atoms with E-state index < -0.39 is 5.41 Å². The number of carbonyl (C=O) groups excluding carboxylic acids is 1. The van der Waals surface area contributed by atoms with Crippen molar-refractivity contribution in [1.29, 1.82) is 0 Å². The fourth-order valence-electron chi connectivity index (χ4n) is 4.20. The first-order valence-corrected chi connectivity index (χ1v) is 8.75. The van der Waals surface area contributed by atoms with Crippen molar-refractivity contribution in [2.24, 2.45) is 5.92 Å². The number of hydrogen-bond donors (Lipinski definition) is 0. The van der Waals surface area contributed by atoms with Crippen molar-refractivity contribution < 1.29 is 9.53 Å². The van der Waals surface area contributed by atoms with Crippen LogP contribution in [0.25, 0.3) is 0 Å². The Morgan fingerprint density at radius 2 is 1.83 bits per heavy atom. The number of piperidine rings is 3. The van der Waals surface area contributed by atoms with E-state index in [4.69, 9.17) is 16.3 Å². The average molecular weight is 356 g/mol. The predicted octanol–water partition coefficient (Wildman–Crippen LogP) is 3.82. The summed E-state index contributed by atoms with van der Waals surface area (Å²) >= 11 is 5.98. The Morgan fingerprint density at radius 1 is 1.17 bits per heavy atom. The molecule has 1 unspecified atom stereocenters. The van der Waals surface area contributed by atoms with Crippen LogP contribution >= 0.6 is 24.0 Å². The maximum Gasteiger partial charge on any atom is 0.316 e. The Morgan fingerprint density at radius 3 is 2.30 bits per heavy atom. The zero-order chi connectivity index (χ0) is 15.2. The summed E-state index contributed by atoms with van der Waals surface area (Å²) < 4.78 is 6.00. The summed E-state index contributed by atoms with van der Waals surface area (Å²) in [7, 11) is 0. The third-order valence-electron chi connectivity index (χ3n) is 5.85. The molecule has 3 aliphatic heterocycles. The van der Waals surface area contributed by atoms with E-state index >= 15 is 0 Å². The number of ether oxygens (including phenoxy) is 1. The molecule has 5 heteroatoms. The molecule has 0 N–H and O–H groups in total. The summed E-state index contributed by atoms with van der Waals surface area (Å²) in [6.45, 7) is 3.26. The minimum Gasteiger partial charge on any atom is -0.460 e. The fourth-order valence-corrected chi connectivity index (χ4v) is 4.33. The highest BCUT2D eigenvalue weighted by Crippen LogP contribution is 2.46. The van der Waals surface area contributed by atoms with Gasteiger partial charge in [0.2, 0.25) is 0 Å². The molecule has 1 aliphatic carbocycles. The van der Waals surface area contributed by atoms with Gasteiger partial charge < -0.3 is 4.74 Å². The van der Waals surface area contributed by atoms with Crippen LogP contribution in [-0.4, -0.2) is 36.6 Å². The van der Waals surface area contributed by atoms with Crippen LogP contribution in [0.2, 0.25) is 5.02 Å². The van der Waals surface area contributed by atoms with Crippen molar-refractivity contribution in [2.45, 2.75) is 43.6 Å². The van der Waals surface area contributed by atoms with Crippen molar-refractivity contribution >= 4 is 30.0 Å². The first-order chi connectivity index (χ1) is 10.7. The Bertz CT molecular complexity index is 563. The summed E-state index contributed by atoms with van der Waals surface area (Å²) in [5.74, 6) is 0.552. The van der Waals surface area contributed by atoms with Gasteiger partial charge in [-0.25, -0.2) is 0 Å². The maximum absolute atomic E-state index is 12.9. The van der Waals surface area contributed by atoms with Gasteiger partial charge in [0.05, 0.1) is 5.41 Å². The Hall–Kier alpha value is -0.770. The van der Waals surface area contributed by atoms with Gasteiger partial charge in [-0.1, -0.05) is 30.2 Å². The number of hydrogen-bond acceptors (Lipinski definition) is 3. The van der Waals surface area contributed by atoms with Gasteiger partial charge in [-0.2, -0.15) is 0 Å². The fraction of sp³-hybridized carbons (Fsp3) is 0.611. The summed E-state index contributed by atoms with van der Waals surface area (Å²) in [4.78, 5) is 15.3. The minimum absolute atomic E-state index is 0. The zero-order valence-electron chi connectivity index (χ0n) is 13.2. The summed E-state index contributed by atoms with van der Waals surface area (Å²) in [6.07, 6.45) is 5.33. The lowest BCUT2D eigenvalue weighted by Gasteiger charge is -2.46. The molecule has 1 aromatic carbocycles. The summed E-state index contributed by atoms with van der Waals surface area (Å²) in [5, 5.41) is 0.712. The molecule has 4 fully saturated rings. The Kier molecular flexibility index (Phi) is 4.91. The molecule has 1 aromatic rings. The van der Waals surface area contributed by atoms with Gasteiger partial charge >= 0.3 is 5.97 Å². The van der Waals surface area contributed by atoms with Gasteiger partial charge in [-0.3, -0.25) is 9.69 Å². The van der Waals surface area contributed by atoms with Crippen molar-refractivity contribution in [3.63, 3.8) is 0 Å². The zero-order valence-corrected chi connectivity index (χ0v) is 14.7. The molecular formula is C18H23Cl2NO2. The number of halogens is 2. The topological polar surface area (TPSA) is 29.5 Å². The van der Waals surface area contributed by atoms with E-state index in [-0.39, 0.29) is 24.5 Å². The lowest BCUT2D eigenvalue weighted by atomic mass is 9.64. The highest BCUT2D eigenvalue weighted by molar-refractivity contribution is 6.30. The van der Waals surface area contributed by atoms with E-state index in [1.54, 1.807) is 0 Å². The quantitative estimate of drug-likeness (QED) is 0.771. The largest absolute Gasteiger partial charge is 0.460 e. The summed E-state index contributed by atoms with van der Waals surface area (Å²) in [6, 6.07) is 7.72. The molecule has 3 nitrogen and oxygen atoms in total. The molecule has 23 heavy (non-hydrogen) atoms. The molecule has 1 saturated carbocycles. The number of carbonyl (C=O) groups is 1. The molecular weight excluding hydrogens is 333 g/mol. The van der Waals surface area contributed by atoms with Gasteiger partial charge in [0.1, 0.15) is 6.10 Å². The second kappa shape index (κ2) is 6.62. The molecule has 0 radical (unpaired) electrons. The third kappa shape index (κ3) is 2.99. The molecule has 0 amide bonds. The number of benzene rings is 1. The van der Waals surface area contributed by atoms with Gasteiger partial charge in [0.15, 0.2) is 0 Å². The lowest BCUT2D eigenvalue weighted by molar-refractivity contribution is -0.169. The smallest absolute Gasteiger partial charge is 0.316 e. The van der Waals surface area contributed by atoms with E-state index in [1.165, 1.54) is 25.9 Å². The normalized spacial score (nSPS) is 30.9. The number of fused-ring (bicyclic) bond motifs is 3. The van der Waals surface area contributed by atoms with Crippen LogP contribution in [0.1, 0.15) is 37.7 Å². The molecule has 0 aromatic heterocycles. The first-order valence-electron chi connectivity index (χ1n) is 8.37. The first kappa shape index (κ1) is 17.1. The van der Waals surface area contributed by atoms with E-state index in [0.717, 1.165) is 31.4 Å². The molecule has 3 saturated heterocycles. The van der Waals surface area contributed by atoms with Crippen LogP contribution < -0.4 is 0 Å². The highest BCUT2D eigenvalue weighted by atomic mass is 35.5. The lowest BCUT2D eigenvalue weighted by Crippen LogP contribution is -2.54. The van der Waals surface area contributed by atoms with Gasteiger partial charge in [-0.05, 0) is 62.4 Å². The van der Waals surface area contributed by atoms with Crippen LogP contribution in [-0.2, 0) is 14.9 Å². The van der Waals surface area contributed by atoms with Crippen molar-refractivity contribution in [3.8, 4) is 0 Å². The van der Waals surface area contributed by atoms with Crippen LogP contribution in [0.5, 0.6) is 0 Å². The van der Waals surface area contributed by atoms with Crippen LogP contribution in [0, 0.1) is 5.92 Å². The van der Waals surface area contributed by atoms with Crippen LogP contribution in [0.15, 0.2) is 24.3 Å². The van der Waals surface area contributed by atoms with E-state index in [1.807, 2.05) is 24.3 Å². The molecule has 0 spiro atoms. The third-order valence-corrected chi connectivity index (χ3v) is 6.10. The predicted molar refractivity (Wildman–Crippen MR) is 93.3 cm³/mol. The SMILES string of the molecule is Cl.O=C(OC1CN2CCC1CC2)C1(c2ccc(Cl)cc2)CCC1. The molecule has 5 rings (SSSR count). The standard InChI is InChI=1S/C18H22ClNO2.ClH/c19-15-4-2-14(3-5-15)18(8-1-9-18)17(21)22-16-12-20-10-6-13(16)7-11-20;/h2-5,13,16H,1,6-12H2;1H. The number of rotatable bonds is 3. The van der Waals surface area contributed by atoms with Crippen LogP contribution in [0.3, 0.4) is 0 Å². The van der Waals surface area contributed by atoms with Crippen molar-refractivity contribution in [1.82, 2.24) is 4.90 Å². The molecule has 1 atom stereocenters. The Labute approximate surface area is 148 Å². The van der Waals surface area contributed by atoms with Crippen molar-refractivity contribution in [2.75, 3.05) is 19.6 Å². The maximum atomic E-state index is 12.9. The molecule has 2 bridgehead atoms. The number of nitrogens with zero attached hydrogens (tertiary/aromatic N) is 1. The van der Waals surface area contributed by atoms with Crippen molar-refractivity contribution in [3.05, 3.63) is 34.9 Å². The van der Waals surface area contributed by atoms with Gasteiger partial charge in [0.25, 0.3) is 0 Å². The Balaban J connectivity index is 0.00000156. The average Bonchev–Trinajstić information content (AvgIpc) is 2.49. The van der Waals surface area contributed by atoms with Gasteiger partial charge in [-0.15, -0.1) is 12.4 Å². The highest BCUT2D eigenvalue weighted by Gasteiger charge is 2.49. The molecule has 3 heterocycles. The van der Waals surface area contributed by atoms with E-state index in [9.17, 15) is 4.79 Å². The van der Waals surface area contributed by atoms with E-state index in [2.05, 4.69) is 4.90 Å². The second-order valence-corrected chi connectivity index (χ2v) is 7.46. The molecule has 4 aliphatic rings. The second-order valence-electron chi connectivity index (χ2n) is 7.02. The summed E-state index contributed by atoms with van der Waals surface area (Å²) in [5.41, 5.74) is 0.644. The minimum atomic E-state index is -0.420. The number of esters is 1. The van der Waals surface area contributed by atoms with Gasteiger partial charge in [0, 0.05) is 11.6 Å².